The molecule has 0 aliphatic heterocycles. The average Bonchev–Trinajstić information content (AvgIpc) is 3.20. The van der Waals surface area contributed by atoms with E-state index in [1.165, 1.54) is 54.2 Å². The monoisotopic (exact) mass is 479 g/mol. The summed E-state index contributed by atoms with van der Waals surface area (Å²) in [6, 6.07) is 18.2. The first-order valence-corrected chi connectivity index (χ1v) is 11.1. The van der Waals surface area contributed by atoms with E-state index in [1.807, 2.05) is 0 Å². The Morgan fingerprint density at radius 2 is 1.68 bits per heavy atom. The second-order valence-corrected chi connectivity index (χ2v) is 8.17. The van der Waals surface area contributed by atoms with Crippen molar-refractivity contribution in [2.75, 3.05) is 16.4 Å². The van der Waals surface area contributed by atoms with Crippen LogP contribution in [0.5, 0.6) is 0 Å². The van der Waals surface area contributed by atoms with Crippen LogP contribution in [0.1, 0.15) is 10.4 Å². The average molecular weight is 480 g/mol. The van der Waals surface area contributed by atoms with Crippen molar-refractivity contribution in [3.8, 4) is 11.4 Å². The zero-order chi connectivity index (χ0) is 24.1. The van der Waals surface area contributed by atoms with Gasteiger partial charge < -0.3 is 15.2 Å². The number of aromatic nitrogens is 3. The third-order valence-corrected chi connectivity index (χ3v) is 5.81. The van der Waals surface area contributed by atoms with Gasteiger partial charge in [-0.15, -0.1) is 10.2 Å². The van der Waals surface area contributed by atoms with Gasteiger partial charge in [-0.2, -0.15) is 0 Å². The maximum absolute atomic E-state index is 13.9. The second-order valence-electron chi connectivity index (χ2n) is 7.22. The molecule has 0 aliphatic rings. The number of hydrogen-bond acceptors (Lipinski definition) is 5. The first-order chi connectivity index (χ1) is 16.4. The fraction of sp³-hybridized carbons (Fsp3) is 0.0833. The Kier molecular flexibility index (Phi) is 6.98. The van der Waals surface area contributed by atoms with Gasteiger partial charge in [0.05, 0.1) is 11.3 Å². The van der Waals surface area contributed by atoms with Gasteiger partial charge in [0.15, 0.2) is 11.0 Å². The van der Waals surface area contributed by atoms with Gasteiger partial charge in [0.2, 0.25) is 5.91 Å². The molecule has 0 fully saturated rings. The number of thioether (sulfide) groups is 1. The number of benzene rings is 3. The van der Waals surface area contributed by atoms with Crippen LogP contribution in [-0.4, -0.2) is 32.3 Å². The van der Waals surface area contributed by atoms with Crippen LogP contribution >= 0.6 is 11.8 Å². The van der Waals surface area contributed by atoms with Gasteiger partial charge >= 0.3 is 0 Å². The van der Waals surface area contributed by atoms with Crippen LogP contribution in [0.2, 0.25) is 0 Å². The summed E-state index contributed by atoms with van der Waals surface area (Å²) >= 11 is 1.20. The van der Waals surface area contributed by atoms with Crippen molar-refractivity contribution < 1.29 is 18.4 Å². The molecule has 0 aliphatic carbocycles. The molecule has 0 saturated heterocycles. The predicted molar refractivity (Wildman–Crippen MR) is 127 cm³/mol. The Labute approximate surface area is 198 Å². The van der Waals surface area contributed by atoms with E-state index in [9.17, 15) is 18.4 Å². The second kappa shape index (κ2) is 10.3. The van der Waals surface area contributed by atoms with Crippen LogP contribution in [0.4, 0.5) is 20.2 Å². The lowest BCUT2D eigenvalue weighted by Gasteiger charge is -2.08. The normalized spacial score (nSPS) is 10.7. The zero-order valence-corrected chi connectivity index (χ0v) is 18.8. The quantitative estimate of drug-likeness (QED) is 0.374. The van der Waals surface area contributed by atoms with E-state index in [0.717, 1.165) is 0 Å². The highest BCUT2D eigenvalue weighted by Gasteiger charge is 2.15. The van der Waals surface area contributed by atoms with E-state index in [1.54, 1.807) is 41.9 Å². The Morgan fingerprint density at radius 1 is 0.912 bits per heavy atom. The van der Waals surface area contributed by atoms with Crippen LogP contribution in [-0.2, 0) is 11.8 Å². The molecule has 0 radical (unpaired) electrons. The van der Waals surface area contributed by atoms with Crippen LogP contribution in [0.15, 0.2) is 78.0 Å². The van der Waals surface area contributed by atoms with E-state index >= 15 is 0 Å². The van der Waals surface area contributed by atoms with E-state index in [4.69, 9.17) is 0 Å². The summed E-state index contributed by atoms with van der Waals surface area (Å²) in [6.45, 7) is 0. The van der Waals surface area contributed by atoms with Crippen molar-refractivity contribution in [2.45, 2.75) is 5.16 Å². The van der Waals surface area contributed by atoms with Gasteiger partial charge in [-0.3, -0.25) is 9.59 Å². The van der Waals surface area contributed by atoms with Crippen LogP contribution < -0.4 is 10.6 Å². The topological polar surface area (TPSA) is 88.9 Å². The molecule has 172 valence electrons. The van der Waals surface area contributed by atoms with Crippen molar-refractivity contribution in [3.63, 3.8) is 0 Å². The minimum absolute atomic E-state index is 0.0517. The van der Waals surface area contributed by atoms with Gasteiger partial charge in [0.1, 0.15) is 11.6 Å². The van der Waals surface area contributed by atoms with Crippen molar-refractivity contribution in [3.05, 3.63) is 90.0 Å². The zero-order valence-electron chi connectivity index (χ0n) is 18.0. The van der Waals surface area contributed by atoms with Crippen LogP contribution in [0.3, 0.4) is 0 Å². The maximum Gasteiger partial charge on any atom is 0.258 e. The lowest BCUT2D eigenvalue weighted by molar-refractivity contribution is -0.113. The summed E-state index contributed by atoms with van der Waals surface area (Å²) in [5.41, 5.74) is 1.61. The Morgan fingerprint density at radius 3 is 2.44 bits per heavy atom. The molecule has 0 spiro atoms. The lowest BCUT2D eigenvalue weighted by Crippen LogP contribution is -2.14. The minimum Gasteiger partial charge on any atom is -0.325 e. The number of hydrogen-bond donors (Lipinski definition) is 2. The van der Waals surface area contributed by atoms with Crippen molar-refractivity contribution in [2.24, 2.45) is 7.05 Å². The molecule has 0 atom stereocenters. The minimum atomic E-state index is -0.602. The molecule has 0 saturated carbocycles. The summed E-state index contributed by atoms with van der Waals surface area (Å²) < 4.78 is 28.6. The summed E-state index contributed by atoms with van der Waals surface area (Å²) in [6.07, 6.45) is 0. The molecule has 7 nitrogen and oxygen atoms in total. The highest BCUT2D eigenvalue weighted by Crippen LogP contribution is 2.25. The molecule has 10 heteroatoms. The highest BCUT2D eigenvalue weighted by molar-refractivity contribution is 7.99. The SMILES string of the molecule is Cn1c(SCC(=O)Nc2ccc(F)cc2)nnc1-c1cccc(NC(=O)c2ccccc2F)c1. The Balaban J connectivity index is 1.42. The number of halogens is 2. The van der Waals surface area contributed by atoms with Crippen molar-refractivity contribution in [1.82, 2.24) is 14.8 Å². The largest absolute Gasteiger partial charge is 0.325 e. The molecule has 34 heavy (non-hydrogen) atoms. The standard InChI is InChI=1S/C24H19F2N5O2S/c1-31-22(29-30-24(31)34-14-21(32)27-17-11-9-16(25)10-12-17)15-5-4-6-18(13-15)28-23(33)19-7-2-3-8-20(19)26/h2-13H,14H2,1H3,(H,27,32)(H,28,33). The fourth-order valence-electron chi connectivity index (χ4n) is 3.13. The van der Waals surface area contributed by atoms with Crippen LogP contribution in [0.25, 0.3) is 11.4 Å². The molecule has 0 bridgehead atoms. The third kappa shape index (κ3) is 5.46. The van der Waals surface area contributed by atoms with Crippen LogP contribution in [0, 0.1) is 11.6 Å². The fourth-order valence-corrected chi connectivity index (χ4v) is 3.84. The van der Waals surface area contributed by atoms with Gasteiger partial charge in [0, 0.05) is 24.0 Å². The third-order valence-electron chi connectivity index (χ3n) is 4.79. The molecule has 2 N–H and O–H groups in total. The number of amides is 2. The maximum atomic E-state index is 13.9. The molecular formula is C24H19F2N5O2S. The van der Waals surface area contributed by atoms with Gasteiger partial charge in [-0.25, -0.2) is 8.78 Å². The van der Waals surface area contributed by atoms with Gasteiger partial charge in [0.25, 0.3) is 5.91 Å². The number of nitrogens with zero attached hydrogens (tertiary/aromatic N) is 3. The Bertz CT molecular complexity index is 1340. The van der Waals surface area contributed by atoms with Crippen molar-refractivity contribution in [1.29, 1.82) is 0 Å². The van der Waals surface area contributed by atoms with E-state index in [-0.39, 0.29) is 23.0 Å². The Hall–Kier alpha value is -4.05. The van der Waals surface area contributed by atoms with Gasteiger partial charge in [-0.05, 0) is 48.5 Å². The molecule has 2 amide bonds. The predicted octanol–water partition coefficient (Wildman–Crippen LogP) is 4.74. The molecule has 0 unspecified atom stereocenters. The van der Waals surface area contributed by atoms with Gasteiger partial charge in [-0.1, -0.05) is 36.0 Å². The van der Waals surface area contributed by atoms with E-state index < -0.39 is 11.7 Å². The molecular weight excluding hydrogens is 460 g/mol. The molecule has 1 aromatic heterocycles. The molecule has 1 heterocycles. The first-order valence-electron chi connectivity index (χ1n) is 10.1. The molecule has 4 rings (SSSR count). The summed E-state index contributed by atoms with van der Waals surface area (Å²) in [5, 5.41) is 14.2. The number of anilines is 2. The summed E-state index contributed by atoms with van der Waals surface area (Å²) in [5.74, 6) is -1.19. The van der Waals surface area contributed by atoms with E-state index in [2.05, 4.69) is 20.8 Å². The number of carbonyl (C=O) groups is 2. The number of carbonyl (C=O) groups excluding carboxylic acids is 2. The number of rotatable bonds is 7. The number of nitrogens with one attached hydrogen (secondary N) is 2. The lowest BCUT2D eigenvalue weighted by atomic mass is 10.1. The summed E-state index contributed by atoms with van der Waals surface area (Å²) in [4.78, 5) is 24.6. The highest BCUT2D eigenvalue weighted by atomic mass is 32.2. The van der Waals surface area contributed by atoms with E-state index in [0.29, 0.717) is 27.9 Å². The van der Waals surface area contributed by atoms with Crippen molar-refractivity contribution >= 4 is 35.0 Å². The smallest absolute Gasteiger partial charge is 0.258 e. The first kappa shape index (κ1) is 23.1. The summed E-state index contributed by atoms with van der Waals surface area (Å²) in [7, 11) is 1.76. The molecule has 3 aromatic carbocycles. The molecule has 4 aromatic rings.